The number of hydrogen-bond acceptors (Lipinski definition) is 1. The zero-order valence-electron chi connectivity index (χ0n) is 28.1. The van der Waals surface area contributed by atoms with E-state index < -0.39 is 0 Å². The summed E-state index contributed by atoms with van der Waals surface area (Å²) in [5, 5.41) is 9.99. The summed E-state index contributed by atoms with van der Waals surface area (Å²) in [7, 11) is 0. The van der Waals surface area contributed by atoms with Crippen LogP contribution >= 0.6 is 0 Å². The maximum atomic E-state index is 4.81. The molecule has 3 nitrogen and oxygen atoms in total. The lowest BCUT2D eigenvalue weighted by molar-refractivity contribution is 1.19. The number of hydrogen-bond donors (Lipinski definition) is 0. The summed E-state index contributed by atoms with van der Waals surface area (Å²) in [6.07, 6.45) is 1.95. The Hall–Kier alpha value is -6.97. The third-order valence-corrected chi connectivity index (χ3v) is 11.3. The third kappa shape index (κ3) is 3.72. The van der Waals surface area contributed by atoms with E-state index in [9.17, 15) is 0 Å². The van der Waals surface area contributed by atoms with Crippen LogP contribution in [-0.4, -0.2) is 14.1 Å². The van der Waals surface area contributed by atoms with Gasteiger partial charge in [-0.15, -0.1) is 0 Å². The van der Waals surface area contributed by atoms with Gasteiger partial charge in [-0.3, -0.25) is 4.98 Å². The Morgan fingerprint density at radius 2 is 1.04 bits per heavy atom. The topological polar surface area (TPSA) is 22.8 Å². The van der Waals surface area contributed by atoms with Crippen LogP contribution in [0.4, 0.5) is 0 Å². The fourth-order valence-corrected chi connectivity index (χ4v) is 9.01. The fourth-order valence-electron chi connectivity index (χ4n) is 9.01. The average Bonchev–Trinajstić information content (AvgIpc) is 3.84. The quantitative estimate of drug-likeness (QED) is 0.185. The highest BCUT2D eigenvalue weighted by molar-refractivity contribution is 6.20. The van der Waals surface area contributed by atoms with Crippen LogP contribution in [0, 0.1) is 0 Å². The summed E-state index contributed by atoms with van der Waals surface area (Å²) in [5.74, 6) is 0. The van der Waals surface area contributed by atoms with Crippen LogP contribution in [-0.2, 0) is 0 Å². The Labute approximate surface area is 299 Å². The molecule has 0 atom stereocenters. The normalized spacial score (nSPS) is 12.2. The van der Waals surface area contributed by atoms with Gasteiger partial charge in [0.1, 0.15) is 0 Å². The lowest BCUT2D eigenvalue weighted by Gasteiger charge is -2.12. The van der Waals surface area contributed by atoms with E-state index in [1.807, 2.05) is 6.20 Å². The van der Waals surface area contributed by atoms with Crippen molar-refractivity contribution in [1.82, 2.24) is 14.1 Å². The number of fused-ring (bicyclic) bond motifs is 11. The van der Waals surface area contributed by atoms with Crippen molar-refractivity contribution >= 4 is 65.2 Å². The highest BCUT2D eigenvalue weighted by atomic mass is 15.0. The Bertz CT molecular complexity index is 3290. The van der Waals surface area contributed by atoms with E-state index in [2.05, 4.69) is 179 Å². The zero-order chi connectivity index (χ0) is 33.9. The number of pyridine rings is 1. The second kappa shape index (κ2) is 10.3. The maximum Gasteiger partial charge on any atom is 0.0792 e. The molecule has 1 aliphatic rings. The SMILES string of the molecule is c1ccc(-n2c3ccc(-c4ccc5c(c4)c4ccccc4n5-c4cc5c6c(nccc6c4)-c4ccccc4-5)cc3c3ccc4ccccc4c32)cc1. The summed E-state index contributed by atoms with van der Waals surface area (Å²) >= 11 is 0. The van der Waals surface area contributed by atoms with Crippen LogP contribution < -0.4 is 0 Å². The van der Waals surface area contributed by atoms with E-state index >= 15 is 0 Å². The minimum absolute atomic E-state index is 1.08. The van der Waals surface area contributed by atoms with Gasteiger partial charge in [-0.05, 0) is 93.7 Å². The molecule has 0 amide bonds. The van der Waals surface area contributed by atoms with E-state index in [1.165, 1.54) is 98.7 Å². The molecule has 3 heteroatoms. The van der Waals surface area contributed by atoms with Gasteiger partial charge >= 0.3 is 0 Å². The Morgan fingerprint density at radius 3 is 1.88 bits per heavy atom. The zero-order valence-corrected chi connectivity index (χ0v) is 28.1. The number of aromatic nitrogens is 3. The molecule has 11 aromatic rings. The van der Waals surface area contributed by atoms with E-state index in [0.29, 0.717) is 0 Å². The van der Waals surface area contributed by atoms with E-state index in [4.69, 9.17) is 4.98 Å². The number of benzene rings is 8. The fraction of sp³-hybridized carbons (Fsp3) is 0. The molecule has 8 aromatic carbocycles. The Kier molecular flexibility index (Phi) is 5.50. The van der Waals surface area contributed by atoms with Crippen LogP contribution in [0.25, 0.3) is 110 Å². The van der Waals surface area contributed by atoms with E-state index in [-0.39, 0.29) is 0 Å². The molecule has 0 N–H and O–H groups in total. The first-order valence-corrected chi connectivity index (χ1v) is 17.9. The average molecular weight is 660 g/mol. The largest absolute Gasteiger partial charge is 0.309 e. The van der Waals surface area contributed by atoms with E-state index in [0.717, 1.165) is 11.4 Å². The highest BCUT2D eigenvalue weighted by Gasteiger charge is 2.24. The molecule has 3 aromatic heterocycles. The van der Waals surface area contributed by atoms with Crippen LogP contribution in [0.2, 0.25) is 0 Å². The summed E-state index contributed by atoms with van der Waals surface area (Å²) in [4.78, 5) is 4.81. The minimum atomic E-state index is 1.08. The van der Waals surface area contributed by atoms with Crippen LogP contribution in [0.15, 0.2) is 176 Å². The molecule has 0 unspecified atom stereocenters. The van der Waals surface area contributed by atoms with Crippen molar-refractivity contribution in [3.8, 4) is 44.9 Å². The van der Waals surface area contributed by atoms with Crippen LogP contribution in [0.1, 0.15) is 0 Å². The molecule has 0 saturated carbocycles. The monoisotopic (exact) mass is 659 g/mol. The Balaban J connectivity index is 1.08. The predicted octanol–water partition coefficient (Wildman–Crippen LogP) is 12.9. The van der Waals surface area contributed by atoms with Gasteiger partial charge in [0.15, 0.2) is 0 Å². The second-order valence-electron chi connectivity index (χ2n) is 14.0. The number of para-hydroxylation sites is 2. The number of rotatable bonds is 3. The van der Waals surface area contributed by atoms with Crippen molar-refractivity contribution in [2.75, 3.05) is 0 Å². The first-order chi connectivity index (χ1) is 25.8. The molecular weight excluding hydrogens is 631 g/mol. The summed E-state index contributed by atoms with van der Waals surface area (Å²) in [6.45, 7) is 0. The van der Waals surface area contributed by atoms with Crippen molar-refractivity contribution in [2.24, 2.45) is 0 Å². The summed E-state index contributed by atoms with van der Waals surface area (Å²) in [6, 6.07) is 62.3. The molecule has 0 bridgehead atoms. The molecule has 1 aliphatic carbocycles. The second-order valence-corrected chi connectivity index (χ2v) is 14.0. The van der Waals surface area contributed by atoms with Crippen LogP contribution in [0.5, 0.6) is 0 Å². The maximum absolute atomic E-state index is 4.81. The standard InChI is InChI=1S/C49H29N3/c1-2-11-34(12-3-1)52-46-23-20-32(28-42(46)40-21-18-30-10-4-5-13-36(30)49(40)52)31-19-22-45-41(27-31)38-15-8-9-17-44(38)51(45)35-26-33-24-25-50-48-39-16-7-6-14-37(39)43(29-35)47(33)48/h1-29H. The molecular formula is C49H29N3. The smallest absolute Gasteiger partial charge is 0.0792 e. The Morgan fingerprint density at radius 1 is 0.365 bits per heavy atom. The van der Waals surface area contributed by atoms with Crippen molar-refractivity contribution < 1.29 is 0 Å². The predicted molar refractivity (Wildman–Crippen MR) is 218 cm³/mol. The summed E-state index contributed by atoms with van der Waals surface area (Å²) < 4.78 is 4.87. The van der Waals surface area contributed by atoms with Gasteiger partial charge in [-0.25, -0.2) is 0 Å². The molecule has 0 radical (unpaired) electrons. The first-order valence-electron chi connectivity index (χ1n) is 17.9. The minimum Gasteiger partial charge on any atom is -0.309 e. The van der Waals surface area contributed by atoms with E-state index in [1.54, 1.807) is 0 Å². The number of nitrogens with zero attached hydrogens (tertiary/aromatic N) is 3. The highest BCUT2D eigenvalue weighted by Crippen LogP contribution is 2.48. The van der Waals surface area contributed by atoms with Gasteiger partial charge in [-0.1, -0.05) is 109 Å². The lowest BCUT2D eigenvalue weighted by Crippen LogP contribution is -1.95. The molecule has 52 heavy (non-hydrogen) atoms. The third-order valence-electron chi connectivity index (χ3n) is 11.3. The molecule has 0 fully saturated rings. The van der Waals surface area contributed by atoms with Crippen molar-refractivity contribution in [3.05, 3.63) is 176 Å². The van der Waals surface area contributed by atoms with Gasteiger partial charge < -0.3 is 9.13 Å². The summed E-state index contributed by atoms with van der Waals surface area (Å²) in [5.41, 5.74) is 14.4. The molecule has 0 saturated heterocycles. The van der Waals surface area contributed by atoms with Gasteiger partial charge in [-0.2, -0.15) is 0 Å². The van der Waals surface area contributed by atoms with Gasteiger partial charge in [0, 0.05) is 55.5 Å². The van der Waals surface area contributed by atoms with Gasteiger partial charge in [0.2, 0.25) is 0 Å². The molecule has 3 heterocycles. The van der Waals surface area contributed by atoms with Gasteiger partial charge in [0.05, 0.1) is 27.8 Å². The molecule has 240 valence electrons. The molecule has 0 spiro atoms. The molecule has 12 rings (SSSR count). The van der Waals surface area contributed by atoms with Crippen molar-refractivity contribution in [1.29, 1.82) is 0 Å². The van der Waals surface area contributed by atoms with Crippen LogP contribution in [0.3, 0.4) is 0 Å². The van der Waals surface area contributed by atoms with Crippen molar-refractivity contribution in [3.63, 3.8) is 0 Å². The lowest BCUT2D eigenvalue weighted by atomic mass is 10.00. The molecule has 0 aliphatic heterocycles. The first kappa shape index (κ1) is 27.8. The van der Waals surface area contributed by atoms with Gasteiger partial charge in [0.25, 0.3) is 0 Å². The van der Waals surface area contributed by atoms with Crippen molar-refractivity contribution in [2.45, 2.75) is 0 Å².